The van der Waals surface area contributed by atoms with Crippen LogP contribution in [-0.4, -0.2) is 10.9 Å². The summed E-state index contributed by atoms with van der Waals surface area (Å²) in [6.45, 7) is 25.0. The number of benzene rings is 2. The molecule has 0 heterocycles. The van der Waals surface area contributed by atoms with E-state index in [0.29, 0.717) is 11.7 Å². The monoisotopic (exact) mass is 673 g/mol. The Morgan fingerprint density at radius 3 is 1.33 bits per heavy atom. The van der Waals surface area contributed by atoms with Crippen LogP contribution < -0.4 is 0 Å². The third-order valence-corrected chi connectivity index (χ3v) is 11.6. The van der Waals surface area contributed by atoms with Gasteiger partial charge in [0.05, 0.1) is 0 Å². The first kappa shape index (κ1) is 42.8. The van der Waals surface area contributed by atoms with Crippen LogP contribution in [0.3, 0.4) is 0 Å². The van der Waals surface area contributed by atoms with Gasteiger partial charge in [0, 0.05) is 16.7 Å². The summed E-state index contributed by atoms with van der Waals surface area (Å²) in [7, 11) is 0. The highest BCUT2D eigenvalue weighted by Crippen LogP contribution is 2.52. The molecule has 0 amide bonds. The molecule has 2 rings (SSSR count). The van der Waals surface area contributed by atoms with Crippen molar-refractivity contribution >= 4 is 11.9 Å². The van der Waals surface area contributed by atoms with E-state index in [1.54, 1.807) is 0 Å². The molecule has 0 radical (unpaired) electrons. The largest absolute Gasteiger partial charge is 0.507 e. The summed E-state index contributed by atoms with van der Waals surface area (Å²) in [6, 6.07) is 6.94. The molecule has 0 fully saturated rings. The Morgan fingerprint density at radius 1 is 0.571 bits per heavy atom. The number of phenolic OH excluding ortho intramolecular Hbond substituents is 1. The van der Waals surface area contributed by atoms with Crippen LogP contribution in [0.4, 0.5) is 0 Å². The number of aryl methyl sites for hydroxylation is 1. The highest BCUT2D eigenvalue weighted by Gasteiger charge is 2.36. The van der Waals surface area contributed by atoms with Crippen molar-refractivity contribution in [2.45, 2.75) is 208 Å². The van der Waals surface area contributed by atoms with E-state index in [1.165, 1.54) is 27.8 Å². The van der Waals surface area contributed by atoms with Gasteiger partial charge in [0.2, 0.25) is 0 Å². The molecule has 0 aliphatic heterocycles. The number of aromatic hydroxyl groups is 1. The highest BCUT2D eigenvalue weighted by atomic mass is 16.3. The van der Waals surface area contributed by atoms with Gasteiger partial charge < -0.3 is 5.11 Å². The molecule has 0 aliphatic rings. The van der Waals surface area contributed by atoms with Crippen molar-refractivity contribution < 1.29 is 9.90 Å². The van der Waals surface area contributed by atoms with Crippen LogP contribution in [-0.2, 0) is 6.42 Å². The second-order valence-electron chi connectivity index (χ2n) is 14.9. The summed E-state index contributed by atoms with van der Waals surface area (Å²) in [5, 5.41) is 12.7. The van der Waals surface area contributed by atoms with Crippen molar-refractivity contribution in [3.05, 3.63) is 68.8 Å². The molecule has 276 valence electrons. The van der Waals surface area contributed by atoms with Crippen molar-refractivity contribution in [2.75, 3.05) is 0 Å². The first-order valence-corrected chi connectivity index (χ1v) is 21.0. The number of hydrogen-bond acceptors (Lipinski definition) is 2. The summed E-state index contributed by atoms with van der Waals surface area (Å²) < 4.78 is 0. The van der Waals surface area contributed by atoms with Gasteiger partial charge in [0.25, 0.3) is 0 Å². The fourth-order valence-corrected chi connectivity index (χ4v) is 8.90. The zero-order chi connectivity index (χ0) is 36.5. The van der Waals surface area contributed by atoms with Crippen molar-refractivity contribution in [1.29, 1.82) is 0 Å². The fraction of sp³-hybridized carbons (Fsp3) is 0.681. The van der Waals surface area contributed by atoms with Gasteiger partial charge in [0.1, 0.15) is 5.75 Å². The predicted octanol–water partition coefficient (Wildman–Crippen LogP) is 15.3. The Hall–Kier alpha value is -2.35. The molecule has 0 spiro atoms. The summed E-state index contributed by atoms with van der Waals surface area (Å²) in [5.74, 6) is 2.15. The molecule has 2 nitrogen and oxygen atoms in total. The first-order valence-electron chi connectivity index (χ1n) is 21.0. The topological polar surface area (TPSA) is 37.3 Å². The second kappa shape index (κ2) is 22.5. The van der Waals surface area contributed by atoms with E-state index in [0.717, 1.165) is 119 Å². The van der Waals surface area contributed by atoms with Crippen LogP contribution >= 0.6 is 0 Å². The van der Waals surface area contributed by atoms with Gasteiger partial charge in [-0.25, -0.2) is 0 Å². The van der Waals surface area contributed by atoms with Crippen LogP contribution in [0.1, 0.15) is 251 Å². The minimum atomic E-state index is 0.144. The number of rotatable bonds is 24. The number of carbonyl (C=O) groups excluding carboxylic acids is 1. The summed E-state index contributed by atoms with van der Waals surface area (Å²) >= 11 is 0. The summed E-state index contributed by atoms with van der Waals surface area (Å²) in [4.78, 5) is 15.3. The smallest absolute Gasteiger partial charge is 0.186 e. The lowest BCUT2D eigenvalue weighted by Gasteiger charge is -2.35. The van der Waals surface area contributed by atoms with Gasteiger partial charge in [-0.2, -0.15) is 0 Å². The van der Waals surface area contributed by atoms with E-state index in [9.17, 15) is 5.11 Å². The number of carbonyl (C=O) groups is 1. The molecular weight excluding hydrogens is 597 g/mol. The second-order valence-corrected chi connectivity index (χ2v) is 14.9. The maximum Gasteiger partial charge on any atom is 0.186 e. The molecule has 0 bridgehead atoms. The molecule has 0 saturated heterocycles. The van der Waals surface area contributed by atoms with E-state index < -0.39 is 0 Å². The van der Waals surface area contributed by atoms with Gasteiger partial charge in [-0.1, -0.05) is 133 Å². The minimum Gasteiger partial charge on any atom is -0.507 e. The Balaban J connectivity index is 3.22. The van der Waals surface area contributed by atoms with E-state index in [-0.39, 0.29) is 29.5 Å². The van der Waals surface area contributed by atoms with Crippen molar-refractivity contribution in [3.8, 4) is 5.75 Å². The predicted molar refractivity (Wildman–Crippen MR) is 217 cm³/mol. The van der Waals surface area contributed by atoms with Gasteiger partial charge in [-0.05, 0) is 134 Å². The molecule has 2 aromatic rings. The minimum absolute atomic E-state index is 0.144. The third kappa shape index (κ3) is 10.6. The van der Waals surface area contributed by atoms with Gasteiger partial charge in [-0.3, -0.25) is 4.79 Å². The maximum atomic E-state index is 15.3. The highest BCUT2D eigenvalue weighted by molar-refractivity contribution is 6.10. The Labute approximate surface area is 304 Å². The molecule has 1 N–H and O–H groups in total. The number of phenols is 1. The lowest BCUT2D eigenvalue weighted by Crippen LogP contribution is -2.21. The lowest BCUT2D eigenvalue weighted by molar-refractivity contribution is 0.104. The molecule has 0 aliphatic carbocycles. The zero-order valence-corrected chi connectivity index (χ0v) is 33.9. The van der Waals surface area contributed by atoms with Crippen LogP contribution in [0.5, 0.6) is 5.75 Å². The van der Waals surface area contributed by atoms with E-state index in [1.807, 2.05) is 6.08 Å². The molecule has 5 atom stereocenters. The zero-order valence-electron chi connectivity index (χ0n) is 33.9. The average molecular weight is 673 g/mol. The van der Waals surface area contributed by atoms with Gasteiger partial charge >= 0.3 is 0 Å². The fourth-order valence-electron chi connectivity index (χ4n) is 8.90. The summed E-state index contributed by atoms with van der Waals surface area (Å²) in [5.41, 5.74) is 9.46. The standard InChI is InChI=1S/C47H76O2/c1-12-23-34(18-7)40-30-28-33(17-6)32-39(40)29-31-41(48)46-42(35(19-8)24-13-2)44(37(21-10)26-15-4)47(49)45(38(22-11)27-16-5)43(46)36(20-9)25-14-3/h28-32,34-38,49H,12-27H2,1-11H3/b31-29+. The molecule has 2 heteroatoms. The van der Waals surface area contributed by atoms with Gasteiger partial charge in [0.15, 0.2) is 5.78 Å². The van der Waals surface area contributed by atoms with Crippen molar-refractivity contribution in [2.24, 2.45) is 0 Å². The van der Waals surface area contributed by atoms with Crippen LogP contribution in [0.15, 0.2) is 24.3 Å². The van der Waals surface area contributed by atoms with Crippen LogP contribution in [0.25, 0.3) is 6.08 Å². The number of allylic oxidation sites excluding steroid dienone is 1. The van der Waals surface area contributed by atoms with Crippen molar-refractivity contribution in [3.63, 3.8) is 0 Å². The van der Waals surface area contributed by atoms with Gasteiger partial charge in [-0.15, -0.1) is 0 Å². The van der Waals surface area contributed by atoms with Crippen LogP contribution in [0.2, 0.25) is 0 Å². The van der Waals surface area contributed by atoms with E-state index in [4.69, 9.17) is 0 Å². The SMILES string of the molecule is CCCC(CC)c1ccc(CC)cc1/C=C/C(=O)c1c(C(CC)CCC)c(C(CC)CCC)c(O)c(C(CC)CCC)c1C(CC)CCC. The Kier molecular flexibility index (Phi) is 19.6. The van der Waals surface area contributed by atoms with Crippen molar-refractivity contribution in [1.82, 2.24) is 0 Å². The molecular formula is C47H76O2. The molecule has 49 heavy (non-hydrogen) atoms. The number of ketones is 1. The summed E-state index contributed by atoms with van der Waals surface area (Å²) in [6.07, 6.45) is 20.7. The normalized spacial score (nSPS) is 15.0. The lowest BCUT2D eigenvalue weighted by atomic mass is 9.69. The Morgan fingerprint density at radius 2 is 0.959 bits per heavy atom. The van der Waals surface area contributed by atoms with E-state index >= 15 is 4.79 Å². The third-order valence-electron chi connectivity index (χ3n) is 11.6. The quantitative estimate of drug-likeness (QED) is 0.0890. The van der Waals surface area contributed by atoms with Crippen LogP contribution in [0, 0.1) is 0 Å². The van der Waals surface area contributed by atoms with E-state index in [2.05, 4.69) is 100 Å². The first-order chi connectivity index (χ1) is 23.7. The maximum absolute atomic E-state index is 15.3. The molecule has 0 aromatic heterocycles. The molecule has 5 unspecified atom stereocenters. The molecule has 0 saturated carbocycles. The Bertz CT molecular complexity index is 1250. The average Bonchev–Trinajstić information content (AvgIpc) is 3.12. The molecule has 2 aromatic carbocycles. The number of hydrogen-bond donors (Lipinski definition) is 1.